The van der Waals surface area contributed by atoms with Crippen LogP contribution in [0, 0.1) is 5.41 Å². The number of anilines is 1. The van der Waals surface area contributed by atoms with Crippen LogP contribution in [-0.4, -0.2) is 18.1 Å². The maximum atomic E-state index is 12.9. The minimum atomic E-state index is -0.486. The smallest absolute Gasteiger partial charge is 0.230 e. The van der Waals surface area contributed by atoms with Crippen molar-refractivity contribution in [2.75, 3.05) is 12.4 Å². The third kappa shape index (κ3) is 8.28. The summed E-state index contributed by atoms with van der Waals surface area (Å²) in [7, 11) is 1.59. The van der Waals surface area contributed by atoms with Gasteiger partial charge in [-0.1, -0.05) is 92.9 Å². The molecule has 0 spiro atoms. The molecule has 0 heterocycles. The number of amides is 1. The summed E-state index contributed by atoms with van der Waals surface area (Å²) in [4.78, 5) is 12.9. The van der Waals surface area contributed by atoms with E-state index in [9.17, 15) is 9.90 Å². The van der Waals surface area contributed by atoms with Gasteiger partial charge in [0.1, 0.15) is 11.5 Å². The number of methoxy groups -OCH3 is 1. The molecule has 0 bridgehead atoms. The van der Waals surface area contributed by atoms with Crippen LogP contribution >= 0.6 is 0 Å². The van der Waals surface area contributed by atoms with Crippen LogP contribution in [0.1, 0.15) is 105 Å². The highest BCUT2D eigenvalue weighted by molar-refractivity contribution is 5.96. The Morgan fingerprint density at radius 1 is 0.966 bits per heavy atom. The monoisotopic (exact) mass is 405 g/mol. The van der Waals surface area contributed by atoms with Crippen LogP contribution in [0.25, 0.3) is 0 Å². The van der Waals surface area contributed by atoms with Crippen molar-refractivity contribution in [1.82, 2.24) is 0 Å². The summed E-state index contributed by atoms with van der Waals surface area (Å²) >= 11 is 0. The number of rotatable bonds is 12. The van der Waals surface area contributed by atoms with Crippen LogP contribution in [0.4, 0.5) is 5.69 Å². The quantitative estimate of drug-likeness (QED) is 0.286. The zero-order valence-corrected chi connectivity index (χ0v) is 19.8. The number of nitrogens with one attached hydrogen (secondary N) is 1. The molecule has 0 radical (unpaired) electrons. The standard InChI is InChI=1S/C25H43NO3/c1-8-9-10-11-12-13-14-15-16-25(5,6)23(28)26-21-18-19(29-7)17-20(22(21)27)24(2,3)4/h17-18,27H,8-16H2,1-7H3,(H,26,28). The van der Waals surface area contributed by atoms with E-state index in [1.54, 1.807) is 13.2 Å². The van der Waals surface area contributed by atoms with Crippen LogP contribution in [0.3, 0.4) is 0 Å². The molecule has 0 aliphatic heterocycles. The Morgan fingerprint density at radius 3 is 2.03 bits per heavy atom. The zero-order valence-electron chi connectivity index (χ0n) is 19.8. The number of carbonyl (C=O) groups is 1. The number of aromatic hydroxyl groups is 1. The molecule has 0 unspecified atom stereocenters. The fourth-order valence-electron chi connectivity index (χ4n) is 3.50. The van der Waals surface area contributed by atoms with Crippen molar-refractivity contribution in [3.8, 4) is 11.5 Å². The molecule has 0 atom stereocenters. The van der Waals surface area contributed by atoms with Crippen molar-refractivity contribution in [3.63, 3.8) is 0 Å². The van der Waals surface area contributed by atoms with Crippen molar-refractivity contribution < 1.29 is 14.6 Å². The fourth-order valence-corrected chi connectivity index (χ4v) is 3.50. The number of phenolic OH excluding ortho intramolecular Hbond substituents is 1. The van der Waals surface area contributed by atoms with E-state index in [4.69, 9.17) is 4.74 Å². The Balaban J connectivity index is 2.67. The van der Waals surface area contributed by atoms with Gasteiger partial charge in [0.15, 0.2) is 0 Å². The molecule has 0 saturated heterocycles. The van der Waals surface area contributed by atoms with Gasteiger partial charge in [-0.25, -0.2) is 0 Å². The van der Waals surface area contributed by atoms with E-state index in [-0.39, 0.29) is 17.1 Å². The predicted molar refractivity (Wildman–Crippen MR) is 123 cm³/mol. The third-order valence-electron chi connectivity index (χ3n) is 5.65. The fraction of sp³-hybridized carbons (Fsp3) is 0.720. The normalized spacial score (nSPS) is 12.1. The molecule has 0 aromatic heterocycles. The van der Waals surface area contributed by atoms with Gasteiger partial charge in [-0.05, 0) is 17.9 Å². The second-order valence-electron chi connectivity index (χ2n) is 9.88. The third-order valence-corrected chi connectivity index (χ3v) is 5.65. The number of hydrogen-bond acceptors (Lipinski definition) is 3. The van der Waals surface area contributed by atoms with Gasteiger partial charge in [0.25, 0.3) is 0 Å². The minimum Gasteiger partial charge on any atom is -0.505 e. The lowest BCUT2D eigenvalue weighted by molar-refractivity contribution is -0.124. The topological polar surface area (TPSA) is 58.6 Å². The lowest BCUT2D eigenvalue weighted by Gasteiger charge is -2.26. The van der Waals surface area contributed by atoms with Gasteiger partial charge in [0, 0.05) is 17.0 Å². The molecule has 1 rings (SSSR count). The first-order valence-corrected chi connectivity index (χ1v) is 11.3. The first-order chi connectivity index (χ1) is 13.5. The van der Waals surface area contributed by atoms with Crippen LogP contribution in [0.2, 0.25) is 0 Å². The molecule has 0 aliphatic rings. The summed E-state index contributed by atoms with van der Waals surface area (Å²) in [6.07, 6.45) is 10.9. The molecule has 0 fully saturated rings. The Kier molecular flexibility index (Phi) is 10.0. The molecule has 29 heavy (non-hydrogen) atoms. The van der Waals surface area contributed by atoms with Gasteiger partial charge in [-0.2, -0.15) is 0 Å². The average molecular weight is 406 g/mol. The van der Waals surface area contributed by atoms with E-state index in [1.807, 2.05) is 40.7 Å². The van der Waals surface area contributed by atoms with E-state index in [0.717, 1.165) is 18.4 Å². The number of unbranched alkanes of at least 4 members (excludes halogenated alkanes) is 7. The Morgan fingerprint density at radius 2 is 1.52 bits per heavy atom. The van der Waals surface area contributed by atoms with E-state index < -0.39 is 5.41 Å². The molecule has 166 valence electrons. The molecule has 0 aliphatic carbocycles. The van der Waals surface area contributed by atoms with Crippen molar-refractivity contribution in [3.05, 3.63) is 17.7 Å². The molecule has 1 aromatic rings. The number of ether oxygens (including phenoxy) is 1. The highest BCUT2D eigenvalue weighted by atomic mass is 16.5. The SMILES string of the molecule is CCCCCCCCCCC(C)(C)C(=O)Nc1cc(OC)cc(C(C)(C)C)c1O. The maximum absolute atomic E-state index is 12.9. The number of carbonyl (C=O) groups excluding carboxylic acids is 1. The molecule has 1 amide bonds. The van der Waals surface area contributed by atoms with E-state index in [0.29, 0.717) is 11.4 Å². The van der Waals surface area contributed by atoms with Crippen molar-refractivity contribution in [2.24, 2.45) is 5.41 Å². The Hall–Kier alpha value is -1.71. The molecular formula is C25H43NO3. The number of hydrogen-bond donors (Lipinski definition) is 2. The van der Waals surface area contributed by atoms with Gasteiger partial charge < -0.3 is 15.2 Å². The van der Waals surface area contributed by atoms with Crippen molar-refractivity contribution >= 4 is 11.6 Å². The van der Waals surface area contributed by atoms with Gasteiger partial charge in [-0.15, -0.1) is 0 Å². The van der Waals surface area contributed by atoms with Crippen LogP contribution in [0.5, 0.6) is 11.5 Å². The van der Waals surface area contributed by atoms with Crippen LogP contribution in [-0.2, 0) is 10.2 Å². The van der Waals surface area contributed by atoms with Crippen LogP contribution in [0.15, 0.2) is 12.1 Å². The highest BCUT2D eigenvalue weighted by Crippen LogP contribution is 2.40. The van der Waals surface area contributed by atoms with E-state index in [1.165, 1.54) is 44.9 Å². The summed E-state index contributed by atoms with van der Waals surface area (Å²) < 4.78 is 5.38. The molecule has 4 heteroatoms. The predicted octanol–water partition coefficient (Wildman–Crippen LogP) is 7.19. The first-order valence-electron chi connectivity index (χ1n) is 11.3. The molecular weight excluding hydrogens is 362 g/mol. The molecule has 1 aromatic carbocycles. The lowest BCUT2D eigenvalue weighted by atomic mass is 9.84. The largest absolute Gasteiger partial charge is 0.505 e. The lowest BCUT2D eigenvalue weighted by Crippen LogP contribution is -2.31. The van der Waals surface area contributed by atoms with Gasteiger partial charge in [-0.3, -0.25) is 4.79 Å². The molecule has 2 N–H and O–H groups in total. The minimum absolute atomic E-state index is 0.0659. The summed E-state index contributed by atoms with van der Waals surface area (Å²) in [5, 5.41) is 13.7. The summed E-state index contributed by atoms with van der Waals surface area (Å²) in [6, 6.07) is 3.52. The number of benzene rings is 1. The van der Waals surface area contributed by atoms with E-state index >= 15 is 0 Å². The van der Waals surface area contributed by atoms with E-state index in [2.05, 4.69) is 12.2 Å². The Labute approximate surface area is 178 Å². The second kappa shape index (κ2) is 11.5. The molecule has 0 saturated carbocycles. The summed E-state index contributed by atoms with van der Waals surface area (Å²) in [5.74, 6) is 0.683. The number of phenols is 1. The van der Waals surface area contributed by atoms with Crippen LogP contribution < -0.4 is 10.1 Å². The zero-order chi connectivity index (χ0) is 22.1. The summed E-state index contributed by atoms with van der Waals surface area (Å²) in [6.45, 7) is 12.3. The van der Waals surface area contributed by atoms with Gasteiger partial charge in [0.05, 0.1) is 12.8 Å². The van der Waals surface area contributed by atoms with Gasteiger partial charge in [0.2, 0.25) is 5.91 Å². The molecule has 4 nitrogen and oxygen atoms in total. The van der Waals surface area contributed by atoms with Gasteiger partial charge >= 0.3 is 0 Å². The first kappa shape index (κ1) is 25.3. The van der Waals surface area contributed by atoms with Crippen molar-refractivity contribution in [2.45, 2.75) is 105 Å². The Bertz CT molecular complexity index is 644. The highest BCUT2D eigenvalue weighted by Gasteiger charge is 2.29. The average Bonchev–Trinajstić information content (AvgIpc) is 2.64. The summed E-state index contributed by atoms with van der Waals surface area (Å²) in [5.41, 5.74) is 0.431. The van der Waals surface area contributed by atoms with Crippen molar-refractivity contribution in [1.29, 1.82) is 0 Å². The maximum Gasteiger partial charge on any atom is 0.230 e. The second-order valence-corrected chi connectivity index (χ2v) is 9.88.